The van der Waals surface area contributed by atoms with E-state index in [9.17, 15) is 0 Å². The normalized spacial score (nSPS) is 19.0. The van der Waals surface area contributed by atoms with Crippen molar-refractivity contribution in [2.75, 3.05) is 32.7 Å². The maximum Gasteiger partial charge on any atom is 0.0942 e. The fourth-order valence-electron chi connectivity index (χ4n) is 5.32. The third-order valence-electron chi connectivity index (χ3n) is 7.16. The number of nitrogens with zero attached hydrogens (tertiary/aromatic N) is 1. The third kappa shape index (κ3) is 5.10. The number of aromatic nitrogens is 1. The molecule has 1 aromatic heterocycles. The van der Waals surface area contributed by atoms with Gasteiger partial charge < -0.3 is 14.8 Å². The Kier molecular flexibility index (Phi) is 7.10. The van der Waals surface area contributed by atoms with E-state index in [1.54, 1.807) is 0 Å². The fraction of sp³-hybridized carbons (Fsp3) is 0.267. The maximum absolute atomic E-state index is 4.13. The van der Waals surface area contributed by atoms with Crippen molar-refractivity contribution in [3.8, 4) is 0 Å². The summed E-state index contributed by atoms with van der Waals surface area (Å²) in [7, 11) is 8.19. The number of piperazine rings is 1. The number of rotatable bonds is 3. The molecule has 4 heteroatoms. The highest BCUT2D eigenvalue weighted by atomic mass is 15.3. The number of nitrogens with one attached hydrogen (secondary N) is 3. The Morgan fingerprint density at radius 2 is 1.29 bits per heavy atom. The van der Waals surface area contributed by atoms with Crippen molar-refractivity contribution in [3.05, 3.63) is 121 Å². The number of aromatic amines is 1. The van der Waals surface area contributed by atoms with Crippen molar-refractivity contribution < 1.29 is 9.80 Å². The van der Waals surface area contributed by atoms with Gasteiger partial charge in [0.15, 0.2) is 0 Å². The van der Waals surface area contributed by atoms with Crippen molar-refractivity contribution in [2.24, 2.45) is 0 Å². The molecule has 1 unspecified atom stereocenters. The Balaban J connectivity index is 0.000000150. The first-order valence-corrected chi connectivity index (χ1v) is 12.4. The molecule has 0 saturated carbocycles. The van der Waals surface area contributed by atoms with Gasteiger partial charge in [0.1, 0.15) is 0 Å². The third-order valence-corrected chi connectivity index (χ3v) is 7.16. The summed E-state index contributed by atoms with van der Waals surface area (Å²) < 4.78 is 0. The highest BCUT2D eigenvalue weighted by molar-refractivity contribution is 5.84. The molecule has 0 amide bonds. The maximum atomic E-state index is 4.13. The smallest absolute Gasteiger partial charge is 0.0942 e. The molecule has 2 aliphatic rings. The van der Waals surface area contributed by atoms with Crippen LogP contribution < -0.4 is 9.80 Å². The summed E-state index contributed by atoms with van der Waals surface area (Å²) in [5.74, 6) is 0. The number of hydrogen-bond donors (Lipinski definition) is 3. The molecule has 176 valence electrons. The zero-order valence-corrected chi connectivity index (χ0v) is 20.0. The van der Waals surface area contributed by atoms with Crippen LogP contribution in [0.15, 0.2) is 84.9 Å². The highest BCUT2D eigenvalue weighted by Gasteiger charge is 2.25. The summed E-state index contributed by atoms with van der Waals surface area (Å²) in [5.41, 5.74) is 6.92. The number of hydrogen-bond acceptors (Lipinski definition) is 1. The number of para-hydroxylation sites is 1. The monoisotopic (exact) mass is 452 g/mol. The minimum absolute atomic E-state index is 0.366. The lowest BCUT2D eigenvalue weighted by Gasteiger charge is -2.39. The van der Waals surface area contributed by atoms with E-state index in [0.29, 0.717) is 6.04 Å². The van der Waals surface area contributed by atoms with Gasteiger partial charge in [-0.25, -0.2) is 0 Å². The summed E-state index contributed by atoms with van der Waals surface area (Å²) in [4.78, 5) is 8.81. The van der Waals surface area contributed by atoms with Crippen molar-refractivity contribution in [1.82, 2.24) is 9.88 Å². The largest absolute Gasteiger partial charge is 0.466 e. The van der Waals surface area contributed by atoms with Crippen molar-refractivity contribution >= 4 is 10.9 Å². The van der Waals surface area contributed by atoms with Crippen LogP contribution in [0.3, 0.4) is 0 Å². The van der Waals surface area contributed by atoms with Crippen LogP contribution in [0.25, 0.3) is 10.9 Å². The van der Waals surface area contributed by atoms with Gasteiger partial charge in [-0.2, -0.15) is 14.1 Å². The van der Waals surface area contributed by atoms with E-state index in [2.05, 4.69) is 109 Å². The quantitative estimate of drug-likeness (QED) is 0.410. The molecule has 0 radical (unpaired) electrons. The second-order valence-corrected chi connectivity index (χ2v) is 9.56. The van der Waals surface area contributed by atoms with Crippen molar-refractivity contribution in [2.45, 2.75) is 19.0 Å². The van der Waals surface area contributed by atoms with Gasteiger partial charge in [-0.3, -0.25) is 4.90 Å². The van der Waals surface area contributed by atoms with Crippen LogP contribution in [0.2, 0.25) is 0 Å². The van der Waals surface area contributed by atoms with Gasteiger partial charge in [-0.1, -0.05) is 78.9 Å². The van der Waals surface area contributed by atoms with Crippen molar-refractivity contribution in [3.63, 3.8) is 0 Å². The minimum Gasteiger partial charge on any atom is -0.466 e. The Hall–Kier alpha value is -2.92. The molecule has 3 N–H and O–H groups in total. The van der Waals surface area contributed by atoms with Crippen LogP contribution in [0.4, 0.5) is 0 Å². The Morgan fingerprint density at radius 3 is 1.94 bits per heavy atom. The lowest BCUT2D eigenvalue weighted by atomic mass is 9.96. The predicted octanol–water partition coefficient (Wildman–Crippen LogP) is 2.67. The van der Waals surface area contributed by atoms with E-state index in [-0.39, 0.29) is 0 Å². The lowest BCUT2D eigenvalue weighted by molar-refractivity contribution is -0.870. The van der Waals surface area contributed by atoms with Gasteiger partial charge in [0.2, 0.25) is 0 Å². The minimum atomic E-state index is 0.366. The van der Waals surface area contributed by atoms with E-state index in [0.717, 1.165) is 45.7 Å². The molecule has 0 aliphatic carbocycles. The molecule has 1 fully saturated rings. The first-order chi connectivity index (χ1) is 16.7. The van der Waals surface area contributed by atoms with Crippen LogP contribution in [0, 0.1) is 14.1 Å². The van der Waals surface area contributed by atoms with E-state index < -0.39 is 0 Å². The Labute approximate surface area is 203 Å². The molecular formula is C30H36N4. The highest BCUT2D eigenvalue weighted by Crippen LogP contribution is 2.28. The van der Waals surface area contributed by atoms with Crippen LogP contribution in [-0.4, -0.2) is 42.6 Å². The van der Waals surface area contributed by atoms with Crippen LogP contribution in [-0.2, 0) is 13.0 Å². The van der Waals surface area contributed by atoms with E-state index in [4.69, 9.17) is 0 Å². The topological polar surface area (TPSA) is 27.9 Å². The number of fused-ring (bicyclic) bond motifs is 3. The second-order valence-electron chi connectivity index (χ2n) is 9.56. The predicted molar refractivity (Wildman–Crippen MR) is 139 cm³/mol. The molecule has 4 aromatic rings. The first-order valence-electron chi connectivity index (χ1n) is 12.4. The van der Waals surface area contributed by atoms with E-state index in [1.165, 1.54) is 43.1 Å². The number of quaternary nitrogens is 2. The zero-order valence-electron chi connectivity index (χ0n) is 20.0. The standard InChI is InChI=1S/C18H22N2.C12H14N2/c1-19-12-14-20(15-13-19)18(16-8-4-2-5-9-16)17-10-6-3-7-11-17;1-14-7-6-10-9-4-2-3-5-11(9)13-12(10)8-14/h2-11,18-19H,1,12-15H2;2-5,13-14H,1,6-8H2. The molecular weight excluding hydrogens is 416 g/mol. The summed E-state index contributed by atoms with van der Waals surface area (Å²) in [6, 6.07) is 30.6. The molecule has 1 atom stereocenters. The van der Waals surface area contributed by atoms with Crippen LogP contribution in [0.1, 0.15) is 28.4 Å². The summed E-state index contributed by atoms with van der Waals surface area (Å²) in [6.45, 7) is 6.63. The average molecular weight is 453 g/mol. The molecule has 1 saturated heterocycles. The SMILES string of the molecule is [CH2-][NH+]1CCN(C(c2ccccc2)c2ccccc2)CC1.[CH2-][NH+]1CCc2c([nH]c3ccccc23)C1. The molecule has 6 rings (SSSR count). The molecule has 0 bridgehead atoms. The first kappa shape index (κ1) is 22.9. The Bertz CT molecular complexity index is 1140. The van der Waals surface area contributed by atoms with E-state index >= 15 is 0 Å². The molecule has 0 spiro atoms. The average Bonchev–Trinajstić information content (AvgIpc) is 3.25. The van der Waals surface area contributed by atoms with Gasteiger partial charge in [-0.05, 0) is 22.8 Å². The number of benzene rings is 3. The number of H-pyrrole nitrogens is 1. The molecule has 3 aromatic carbocycles. The second kappa shape index (κ2) is 10.6. The molecule has 3 heterocycles. The zero-order chi connectivity index (χ0) is 23.3. The summed E-state index contributed by atoms with van der Waals surface area (Å²) in [6.07, 6.45) is 1.15. The van der Waals surface area contributed by atoms with Crippen molar-refractivity contribution in [1.29, 1.82) is 0 Å². The van der Waals surface area contributed by atoms with E-state index in [1.807, 2.05) is 0 Å². The van der Waals surface area contributed by atoms with Gasteiger partial charge in [-0.15, -0.1) is 0 Å². The summed E-state index contributed by atoms with van der Waals surface area (Å²) >= 11 is 0. The fourth-order valence-corrected chi connectivity index (χ4v) is 5.32. The lowest BCUT2D eigenvalue weighted by Crippen LogP contribution is -3.10. The van der Waals surface area contributed by atoms with Gasteiger partial charge in [0.25, 0.3) is 0 Å². The van der Waals surface area contributed by atoms with Crippen LogP contribution >= 0.6 is 0 Å². The summed E-state index contributed by atoms with van der Waals surface area (Å²) in [5, 5.41) is 1.40. The molecule has 2 aliphatic heterocycles. The van der Waals surface area contributed by atoms with Gasteiger partial charge >= 0.3 is 0 Å². The molecule has 34 heavy (non-hydrogen) atoms. The Morgan fingerprint density at radius 1 is 0.706 bits per heavy atom. The molecule has 4 nitrogen and oxygen atoms in total. The van der Waals surface area contributed by atoms with Crippen LogP contribution in [0.5, 0.6) is 0 Å². The van der Waals surface area contributed by atoms with Gasteiger partial charge in [0, 0.05) is 30.4 Å². The van der Waals surface area contributed by atoms with Gasteiger partial charge in [0.05, 0.1) is 37.9 Å².